The van der Waals surface area contributed by atoms with Gasteiger partial charge in [0.05, 0.1) is 11.0 Å². The molecule has 68 valence electrons. The van der Waals surface area contributed by atoms with Gasteiger partial charge in [0.1, 0.15) is 0 Å². The molecule has 0 aromatic carbocycles. The lowest BCUT2D eigenvalue weighted by Crippen LogP contribution is -2.40. The maximum Gasteiger partial charge on any atom is 0.0951 e. The molecule has 1 N–H and O–H groups in total. The summed E-state index contributed by atoms with van der Waals surface area (Å²) in [6, 6.07) is 0.512. The van der Waals surface area contributed by atoms with Gasteiger partial charge in [-0.3, -0.25) is 0 Å². The minimum absolute atomic E-state index is 0.512. The standard InChI is InChI=1S/C9H16N2S/c12-9(8-4-3-5-10-8)11-6-1-2-7-11/h8,10H,1-7H2. The maximum atomic E-state index is 5.44. The Bertz CT molecular complexity index is 151. The second kappa shape index (κ2) is 3.71. The molecule has 2 fully saturated rings. The van der Waals surface area contributed by atoms with E-state index in [1.807, 2.05) is 0 Å². The predicted molar refractivity (Wildman–Crippen MR) is 54.4 cm³/mol. The first-order valence-corrected chi connectivity index (χ1v) is 5.31. The van der Waals surface area contributed by atoms with E-state index in [2.05, 4.69) is 10.2 Å². The molecule has 0 aromatic heterocycles. The first-order chi connectivity index (χ1) is 5.88. The van der Waals surface area contributed by atoms with E-state index in [-0.39, 0.29) is 0 Å². The van der Waals surface area contributed by atoms with E-state index in [0.29, 0.717) is 6.04 Å². The van der Waals surface area contributed by atoms with Crippen molar-refractivity contribution in [1.82, 2.24) is 10.2 Å². The number of hydrogen-bond donors (Lipinski definition) is 1. The van der Waals surface area contributed by atoms with Gasteiger partial charge in [-0.25, -0.2) is 0 Å². The molecule has 1 atom stereocenters. The first-order valence-electron chi connectivity index (χ1n) is 4.90. The van der Waals surface area contributed by atoms with Crippen molar-refractivity contribution < 1.29 is 0 Å². The molecule has 2 heterocycles. The highest BCUT2D eigenvalue weighted by molar-refractivity contribution is 7.80. The van der Waals surface area contributed by atoms with Gasteiger partial charge in [-0.15, -0.1) is 0 Å². The van der Waals surface area contributed by atoms with Crippen LogP contribution in [0.5, 0.6) is 0 Å². The van der Waals surface area contributed by atoms with E-state index < -0.39 is 0 Å². The number of nitrogens with one attached hydrogen (secondary N) is 1. The zero-order valence-corrected chi connectivity index (χ0v) is 8.20. The largest absolute Gasteiger partial charge is 0.365 e. The van der Waals surface area contributed by atoms with Crippen LogP contribution in [-0.2, 0) is 0 Å². The van der Waals surface area contributed by atoms with Gasteiger partial charge in [0, 0.05) is 13.1 Å². The zero-order valence-electron chi connectivity index (χ0n) is 7.38. The van der Waals surface area contributed by atoms with Crippen molar-refractivity contribution in [1.29, 1.82) is 0 Å². The second-order valence-electron chi connectivity index (χ2n) is 3.68. The summed E-state index contributed by atoms with van der Waals surface area (Å²) in [7, 11) is 0. The van der Waals surface area contributed by atoms with Crippen LogP contribution in [0.1, 0.15) is 25.7 Å². The third-order valence-electron chi connectivity index (χ3n) is 2.78. The van der Waals surface area contributed by atoms with Crippen LogP contribution in [-0.4, -0.2) is 35.6 Å². The lowest BCUT2D eigenvalue weighted by molar-refractivity contribution is 0.499. The van der Waals surface area contributed by atoms with Crippen LogP contribution in [0, 0.1) is 0 Å². The number of nitrogens with zero attached hydrogens (tertiary/aromatic N) is 1. The first kappa shape index (κ1) is 8.45. The normalized spacial score (nSPS) is 29.7. The summed E-state index contributed by atoms with van der Waals surface area (Å²) in [5.74, 6) is 0. The molecule has 3 heteroatoms. The molecule has 0 bridgehead atoms. The van der Waals surface area contributed by atoms with Crippen molar-refractivity contribution in [2.24, 2.45) is 0 Å². The zero-order chi connectivity index (χ0) is 8.39. The van der Waals surface area contributed by atoms with Gasteiger partial charge < -0.3 is 10.2 Å². The lowest BCUT2D eigenvalue weighted by Gasteiger charge is -2.23. The summed E-state index contributed by atoms with van der Waals surface area (Å²) < 4.78 is 0. The Labute approximate surface area is 79.3 Å². The van der Waals surface area contributed by atoms with E-state index in [9.17, 15) is 0 Å². The molecule has 0 amide bonds. The third-order valence-corrected chi connectivity index (χ3v) is 3.32. The van der Waals surface area contributed by atoms with Crippen LogP contribution in [0.25, 0.3) is 0 Å². The third kappa shape index (κ3) is 1.62. The van der Waals surface area contributed by atoms with E-state index >= 15 is 0 Å². The minimum atomic E-state index is 0.512. The summed E-state index contributed by atoms with van der Waals surface area (Å²) in [5.41, 5.74) is 0. The van der Waals surface area contributed by atoms with Crippen molar-refractivity contribution in [3.8, 4) is 0 Å². The molecule has 0 aromatic rings. The van der Waals surface area contributed by atoms with Crippen molar-refractivity contribution in [2.45, 2.75) is 31.7 Å². The molecule has 0 aliphatic carbocycles. The highest BCUT2D eigenvalue weighted by Gasteiger charge is 2.24. The molecular weight excluding hydrogens is 168 g/mol. The summed E-state index contributed by atoms with van der Waals surface area (Å²) in [5, 5.41) is 3.45. The van der Waals surface area contributed by atoms with E-state index in [1.54, 1.807) is 0 Å². The van der Waals surface area contributed by atoms with Crippen LogP contribution in [0.2, 0.25) is 0 Å². The summed E-state index contributed by atoms with van der Waals surface area (Å²) in [6.07, 6.45) is 5.19. The fourth-order valence-electron chi connectivity index (χ4n) is 2.05. The summed E-state index contributed by atoms with van der Waals surface area (Å²) in [6.45, 7) is 3.53. The monoisotopic (exact) mass is 184 g/mol. The molecule has 2 nitrogen and oxygen atoms in total. The van der Waals surface area contributed by atoms with Gasteiger partial charge in [-0.05, 0) is 32.2 Å². The SMILES string of the molecule is S=C(C1CCCN1)N1CCCC1. The number of thiocarbonyl (C=S) groups is 1. The van der Waals surface area contributed by atoms with Crippen molar-refractivity contribution in [2.75, 3.05) is 19.6 Å². The van der Waals surface area contributed by atoms with Gasteiger partial charge >= 0.3 is 0 Å². The Balaban J connectivity index is 1.89. The van der Waals surface area contributed by atoms with E-state index in [4.69, 9.17) is 12.2 Å². The van der Waals surface area contributed by atoms with Gasteiger partial charge in [-0.2, -0.15) is 0 Å². The summed E-state index contributed by atoms with van der Waals surface area (Å²) in [4.78, 5) is 3.54. The fourth-order valence-corrected chi connectivity index (χ4v) is 2.44. The highest BCUT2D eigenvalue weighted by Crippen LogP contribution is 2.15. The van der Waals surface area contributed by atoms with Crippen LogP contribution in [0.15, 0.2) is 0 Å². The van der Waals surface area contributed by atoms with Crippen molar-refractivity contribution in [3.63, 3.8) is 0 Å². The molecule has 2 aliphatic heterocycles. The minimum Gasteiger partial charge on any atom is -0.365 e. The summed E-state index contributed by atoms with van der Waals surface area (Å²) >= 11 is 5.44. The Morgan fingerprint density at radius 2 is 2.00 bits per heavy atom. The quantitative estimate of drug-likeness (QED) is 0.616. The van der Waals surface area contributed by atoms with Crippen molar-refractivity contribution >= 4 is 17.2 Å². The molecule has 0 radical (unpaired) electrons. The smallest absolute Gasteiger partial charge is 0.0951 e. The molecule has 1 unspecified atom stereocenters. The van der Waals surface area contributed by atoms with Crippen LogP contribution in [0.3, 0.4) is 0 Å². The molecule has 2 rings (SSSR count). The lowest BCUT2D eigenvalue weighted by atomic mass is 10.2. The Kier molecular flexibility index (Phi) is 2.61. The second-order valence-corrected chi connectivity index (χ2v) is 4.10. The predicted octanol–water partition coefficient (Wildman–Crippen LogP) is 1.16. The molecule has 2 saturated heterocycles. The Hall–Kier alpha value is -0.150. The highest BCUT2D eigenvalue weighted by atomic mass is 32.1. The van der Waals surface area contributed by atoms with E-state index in [0.717, 1.165) is 6.54 Å². The van der Waals surface area contributed by atoms with Gasteiger partial charge in [0.2, 0.25) is 0 Å². The van der Waals surface area contributed by atoms with E-state index in [1.165, 1.54) is 43.8 Å². The average Bonchev–Trinajstić information content (AvgIpc) is 2.77. The maximum absolute atomic E-state index is 5.44. The van der Waals surface area contributed by atoms with Crippen molar-refractivity contribution in [3.05, 3.63) is 0 Å². The van der Waals surface area contributed by atoms with Crippen LogP contribution < -0.4 is 5.32 Å². The Morgan fingerprint density at radius 3 is 2.58 bits per heavy atom. The van der Waals surface area contributed by atoms with Gasteiger partial charge in [0.25, 0.3) is 0 Å². The van der Waals surface area contributed by atoms with Gasteiger partial charge in [-0.1, -0.05) is 12.2 Å². The molecule has 2 aliphatic rings. The number of likely N-dealkylation sites (tertiary alicyclic amines) is 1. The number of hydrogen-bond acceptors (Lipinski definition) is 2. The molecule has 0 saturated carbocycles. The average molecular weight is 184 g/mol. The molecular formula is C9H16N2S. The topological polar surface area (TPSA) is 15.3 Å². The fraction of sp³-hybridized carbons (Fsp3) is 0.889. The molecule has 0 spiro atoms. The Morgan fingerprint density at radius 1 is 1.25 bits per heavy atom. The van der Waals surface area contributed by atoms with Crippen LogP contribution >= 0.6 is 12.2 Å². The molecule has 12 heavy (non-hydrogen) atoms. The van der Waals surface area contributed by atoms with Crippen LogP contribution in [0.4, 0.5) is 0 Å². The van der Waals surface area contributed by atoms with Gasteiger partial charge in [0.15, 0.2) is 0 Å². The number of rotatable bonds is 1.